The Bertz CT molecular complexity index is 225. The molecule has 1 saturated heterocycles. The summed E-state index contributed by atoms with van der Waals surface area (Å²) in [4.78, 5) is 0. The van der Waals surface area contributed by atoms with Crippen LogP contribution in [0.1, 0.15) is 25.0 Å². The van der Waals surface area contributed by atoms with Gasteiger partial charge in [-0.1, -0.05) is 6.42 Å². The molecule has 0 saturated carbocycles. The van der Waals surface area contributed by atoms with Gasteiger partial charge in [0.15, 0.2) is 0 Å². The summed E-state index contributed by atoms with van der Waals surface area (Å²) in [5.41, 5.74) is 4.47. The zero-order chi connectivity index (χ0) is 8.93. The van der Waals surface area contributed by atoms with Gasteiger partial charge < -0.3 is 4.42 Å². The van der Waals surface area contributed by atoms with E-state index in [9.17, 15) is 0 Å². The average molecular weight is 179 g/mol. The molecule has 0 aromatic carbocycles. The highest BCUT2D eigenvalue weighted by molar-refractivity contribution is 4.97. The first-order valence-electron chi connectivity index (χ1n) is 4.90. The smallest absolute Gasteiger partial charge is 0.119 e. The number of hydrogen-bond donors (Lipinski definition) is 0. The van der Waals surface area contributed by atoms with Crippen molar-refractivity contribution in [1.82, 2.24) is 10.4 Å². The second-order valence-corrected chi connectivity index (χ2v) is 3.39. The van der Waals surface area contributed by atoms with E-state index in [1.54, 1.807) is 6.26 Å². The lowest BCUT2D eigenvalue weighted by Crippen LogP contribution is -2.30. The fraction of sp³-hybridized carbons (Fsp3) is 0.600. The summed E-state index contributed by atoms with van der Waals surface area (Å²) in [6, 6.07) is 3.92. The molecule has 3 heteroatoms. The van der Waals surface area contributed by atoms with Gasteiger partial charge in [-0.25, -0.2) is 5.01 Å². The molecule has 0 aliphatic carbocycles. The van der Waals surface area contributed by atoms with Gasteiger partial charge in [0, 0.05) is 13.1 Å². The molecule has 1 aliphatic heterocycles. The van der Waals surface area contributed by atoms with Gasteiger partial charge in [0.25, 0.3) is 0 Å². The molecule has 2 rings (SSSR count). The highest BCUT2D eigenvalue weighted by Gasteiger charge is 2.10. The lowest BCUT2D eigenvalue weighted by atomic mass is 10.2. The van der Waals surface area contributed by atoms with E-state index in [1.165, 1.54) is 19.3 Å². The molecule has 1 aromatic heterocycles. The minimum absolute atomic E-state index is 0.826. The summed E-state index contributed by atoms with van der Waals surface area (Å²) in [5, 5.41) is 2.12. The van der Waals surface area contributed by atoms with Gasteiger partial charge >= 0.3 is 0 Å². The molecule has 1 aliphatic rings. The second-order valence-electron chi connectivity index (χ2n) is 3.39. The van der Waals surface area contributed by atoms with Crippen LogP contribution in [0.15, 0.2) is 22.8 Å². The van der Waals surface area contributed by atoms with Crippen LogP contribution in [0.2, 0.25) is 0 Å². The monoisotopic (exact) mass is 179 g/mol. The van der Waals surface area contributed by atoms with Gasteiger partial charge in [0.1, 0.15) is 5.76 Å². The van der Waals surface area contributed by atoms with E-state index in [0.717, 1.165) is 25.4 Å². The summed E-state index contributed by atoms with van der Waals surface area (Å²) >= 11 is 0. The maximum absolute atomic E-state index is 5.28. The van der Waals surface area contributed by atoms with Gasteiger partial charge in [-0.2, -0.15) is 5.43 Å². The SMILES string of the molecule is c1coc(CN2CCCCC[N]2)c1. The van der Waals surface area contributed by atoms with Crippen molar-refractivity contribution < 1.29 is 4.42 Å². The third-order valence-electron chi connectivity index (χ3n) is 2.29. The summed E-state index contributed by atoms with van der Waals surface area (Å²) in [6.45, 7) is 2.87. The largest absolute Gasteiger partial charge is 0.468 e. The van der Waals surface area contributed by atoms with Crippen molar-refractivity contribution in [2.24, 2.45) is 0 Å². The molecule has 13 heavy (non-hydrogen) atoms. The Morgan fingerprint density at radius 3 is 3.23 bits per heavy atom. The van der Waals surface area contributed by atoms with Crippen LogP contribution in [0.4, 0.5) is 0 Å². The number of hydrogen-bond acceptors (Lipinski definition) is 2. The van der Waals surface area contributed by atoms with E-state index in [4.69, 9.17) is 4.42 Å². The fourth-order valence-electron chi connectivity index (χ4n) is 1.58. The molecule has 0 N–H and O–H groups in total. The Hall–Kier alpha value is -0.800. The molecule has 3 nitrogen and oxygen atoms in total. The Labute approximate surface area is 78.7 Å². The van der Waals surface area contributed by atoms with E-state index < -0.39 is 0 Å². The quantitative estimate of drug-likeness (QED) is 0.692. The van der Waals surface area contributed by atoms with Gasteiger partial charge in [-0.05, 0) is 25.0 Å². The Balaban J connectivity index is 1.86. The molecule has 71 valence electrons. The van der Waals surface area contributed by atoms with E-state index in [1.807, 2.05) is 12.1 Å². The van der Waals surface area contributed by atoms with Gasteiger partial charge in [-0.15, -0.1) is 0 Å². The zero-order valence-corrected chi connectivity index (χ0v) is 7.78. The highest BCUT2D eigenvalue weighted by atomic mass is 16.3. The third-order valence-corrected chi connectivity index (χ3v) is 2.29. The Morgan fingerprint density at radius 2 is 2.38 bits per heavy atom. The van der Waals surface area contributed by atoms with Crippen molar-refractivity contribution in [2.45, 2.75) is 25.8 Å². The molecule has 0 spiro atoms. The van der Waals surface area contributed by atoms with E-state index >= 15 is 0 Å². The minimum Gasteiger partial charge on any atom is -0.468 e. The van der Waals surface area contributed by atoms with E-state index in [0.29, 0.717) is 0 Å². The van der Waals surface area contributed by atoms with Gasteiger partial charge in [0.2, 0.25) is 0 Å². The van der Waals surface area contributed by atoms with Crippen molar-refractivity contribution >= 4 is 0 Å². The predicted octanol–water partition coefficient (Wildman–Crippen LogP) is 1.78. The van der Waals surface area contributed by atoms with Crippen LogP contribution in [-0.4, -0.2) is 18.1 Å². The molecule has 1 radical (unpaired) electrons. The molecular formula is C10H15N2O. The lowest BCUT2D eigenvalue weighted by molar-refractivity contribution is 0.170. The fourth-order valence-corrected chi connectivity index (χ4v) is 1.58. The van der Waals surface area contributed by atoms with Crippen LogP contribution in [-0.2, 0) is 6.54 Å². The highest BCUT2D eigenvalue weighted by Crippen LogP contribution is 2.08. The number of rotatable bonds is 2. The topological polar surface area (TPSA) is 30.5 Å². The molecule has 1 fully saturated rings. The third kappa shape index (κ3) is 2.57. The van der Waals surface area contributed by atoms with Crippen molar-refractivity contribution in [3.8, 4) is 0 Å². The minimum atomic E-state index is 0.826. The lowest BCUT2D eigenvalue weighted by Gasteiger charge is -2.16. The van der Waals surface area contributed by atoms with Gasteiger partial charge in [0.05, 0.1) is 12.8 Å². The molecule has 0 amide bonds. The summed E-state index contributed by atoms with van der Waals surface area (Å²) < 4.78 is 5.28. The van der Waals surface area contributed by atoms with Crippen molar-refractivity contribution in [2.75, 3.05) is 13.1 Å². The van der Waals surface area contributed by atoms with E-state index in [-0.39, 0.29) is 0 Å². The molecular weight excluding hydrogens is 164 g/mol. The second kappa shape index (κ2) is 4.44. The predicted molar refractivity (Wildman–Crippen MR) is 50.0 cm³/mol. The standard InChI is InChI=1S/C10H15N2O/c1-2-6-11-12(7-3-1)9-10-5-4-8-13-10/h4-5,8H,1-3,6-7,9H2. The summed E-state index contributed by atoms with van der Waals surface area (Å²) in [5.74, 6) is 1.01. The maximum Gasteiger partial charge on any atom is 0.119 e. The number of furan rings is 1. The van der Waals surface area contributed by atoms with Gasteiger partial charge in [-0.3, -0.25) is 0 Å². The maximum atomic E-state index is 5.28. The molecule has 2 heterocycles. The van der Waals surface area contributed by atoms with Crippen LogP contribution in [0, 0.1) is 0 Å². The normalized spacial score (nSPS) is 20.0. The summed E-state index contributed by atoms with van der Waals surface area (Å²) in [7, 11) is 0. The van der Waals surface area contributed by atoms with Crippen LogP contribution in [0.25, 0.3) is 0 Å². The van der Waals surface area contributed by atoms with Crippen LogP contribution >= 0.6 is 0 Å². The van der Waals surface area contributed by atoms with Crippen LogP contribution < -0.4 is 5.43 Å². The first kappa shape index (κ1) is 8.78. The molecule has 0 unspecified atom stereocenters. The number of nitrogens with zero attached hydrogens (tertiary/aromatic N) is 2. The average Bonchev–Trinajstić information content (AvgIpc) is 2.49. The summed E-state index contributed by atoms with van der Waals surface area (Å²) in [6.07, 6.45) is 5.50. The molecule has 0 atom stereocenters. The van der Waals surface area contributed by atoms with Crippen molar-refractivity contribution in [1.29, 1.82) is 0 Å². The Morgan fingerprint density at radius 1 is 1.38 bits per heavy atom. The van der Waals surface area contributed by atoms with Crippen LogP contribution in [0.5, 0.6) is 0 Å². The molecule has 0 bridgehead atoms. The zero-order valence-electron chi connectivity index (χ0n) is 7.78. The van der Waals surface area contributed by atoms with E-state index in [2.05, 4.69) is 10.4 Å². The molecule has 1 aromatic rings. The first-order valence-corrected chi connectivity index (χ1v) is 4.90. The van der Waals surface area contributed by atoms with Crippen molar-refractivity contribution in [3.63, 3.8) is 0 Å². The van der Waals surface area contributed by atoms with Crippen LogP contribution in [0.3, 0.4) is 0 Å². The first-order chi connectivity index (χ1) is 6.45. The Kier molecular flexibility index (Phi) is 3.00. The van der Waals surface area contributed by atoms with Crippen molar-refractivity contribution in [3.05, 3.63) is 24.2 Å².